The first-order chi connectivity index (χ1) is 11.8. The van der Waals surface area contributed by atoms with Crippen LogP contribution >= 0.6 is 15.9 Å². The third-order valence-corrected chi connectivity index (χ3v) is 4.52. The molecule has 0 amide bonds. The van der Waals surface area contributed by atoms with Crippen LogP contribution in [0.1, 0.15) is 11.1 Å². The van der Waals surface area contributed by atoms with Crippen LogP contribution in [0.2, 0.25) is 0 Å². The number of hydrogen-bond acceptors (Lipinski definition) is 1. The summed E-state index contributed by atoms with van der Waals surface area (Å²) in [5.74, 6) is 0. The minimum atomic E-state index is 0.854. The molecule has 120 valence electrons. The van der Waals surface area contributed by atoms with E-state index in [9.17, 15) is 0 Å². The molecular formula is C22H20BrN. The molecule has 0 spiro atoms. The average Bonchev–Trinajstić information content (AvgIpc) is 2.63. The summed E-state index contributed by atoms with van der Waals surface area (Å²) in [5, 5.41) is 0. The van der Waals surface area contributed by atoms with Gasteiger partial charge in [-0.2, -0.15) is 0 Å². The van der Waals surface area contributed by atoms with Gasteiger partial charge in [0.2, 0.25) is 0 Å². The molecule has 0 bridgehead atoms. The van der Waals surface area contributed by atoms with Gasteiger partial charge < -0.3 is 4.90 Å². The van der Waals surface area contributed by atoms with E-state index in [0.717, 1.165) is 17.6 Å². The molecule has 0 unspecified atom stereocenters. The second kappa shape index (κ2) is 8.51. The summed E-state index contributed by atoms with van der Waals surface area (Å²) in [6.45, 7) is 1.73. The molecule has 1 nitrogen and oxygen atoms in total. The first-order valence-electron chi connectivity index (χ1n) is 8.08. The highest BCUT2D eigenvalue weighted by atomic mass is 79.9. The van der Waals surface area contributed by atoms with E-state index in [4.69, 9.17) is 0 Å². The summed E-state index contributed by atoms with van der Waals surface area (Å²) < 4.78 is 1.12. The SMILES string of the molecule is Brc1ccccc1N(C/C=C/c1ccccc1)Cc1ccccc1. The van der Waals surface area contributed by atoms with Gasteiger partial charge in [0.25, 0.3) is 0 Å². The third kappa shape index (κ3) is 4.59. The van der Waals surface area contributed by atoms with Gasteiger partial charge in [-0.05, 0) is 39.2 Å². The van der Waals surface area contributed by atoms with Gasteiger partial charge in [0.1, 0.15) is 0 Å². The fourth-order valence-electron chi connectivity index (χ4n) is 2.64. The largest absolute Gasteiger partial charge is 0.363 e. The van der Waals surface area contributed by atoms with Crippen molar-refractivity contribution >= 4 is 27.7 Å². The van der Waals surface area contributed by atoms with Crippen LogP contribution in [0.25, 0.3) is 6.08 Å². The molecule has 0 radical (unpaired) electrons. The normalized spacial score (nSPS) is 10.9. The Balaban J connectivity index is 1.79. The first-order valence-corrected chi connectivity index (χ1v) is 8.87. The van der Waals surface area contributed by atoms with E-state index in [1.54, 1.807) is 0 Å². The number of nitrogens with zero attached hydrogens (tertiary/aromatic N) is 1. The number of benzene rings is 3. The van der Waals surface area contributed by atoms with Crippen molar-refractivity contribution in [3.63, 3.8) is 0 Å². The third-order valence-electron chi connectivity index (χ3n) is 3.85. The summed E-state index contributed by atoms with van der Waals surface area (Å²) in [4.78, 5) is 2.37. The highest BCUT2D eigenvalue weighted by Gasteiger charge is 2.09. The predicted molar refractivity (Wildman–Crippen MR) is 107 cm³/mol. The zero-order valence-corrected chi connectivity index (χ0v) is 15.1. The maximum atomic E-state index is 3.68. The highest BCUT2D eigenvalue weighted by molar-refractivity contribution is 9.10. The Morgan fingerprint density at radius 1 is 0.750 bits per heavy atom. The van der Waals surface area contributed by atoms with Crippen molar-refractivity contribution in [2.24, 2.45) is 0 Å². The molecule has 0 heterocycles. The van der Waals surface area contributed by atoms with Crippen LogP contribution in [0, 0.1) is 0 Å². The zero-order chi connectivity index (χ0) is 16.6. The van der Waals surface area contributed by atoms with Crippen LogP contribution in [0.15, 0.2) is 95.5 Å². The molecule has 3 rings (SSSR count). The summed E-state index contributed by atoms with van der Waals surface area (Å²) >= 11 is 3.68. The van der Waals surface area contributed by atoms with Gasteiger partial charge in [-0.25, -0.2) is 0 Å². The fraction of sp³-hybridized carbons (Fsp3) is 0.0909. The van der Waals surface area contributed by atoms with Gasteiger partial charge in [-0.15, -0.1) is 0 Å². The molecule has 3 aromatic carbocycles. The maximum absolute atomic E-state index is 3.68. The summed E-state index contributed by atoms with van der Waals surface area (Å²) in [7, 11) is 0. The number of anilines is 1. The van der Waals surface area contributed by atoms with E-state index in [1.165, 1.54) is 16.8 Å². The van der Waals surface area contributed by atoms with Crippen molar-refractivity contribution in [3.05, 3.63) is 107 Å². The molecule has 0 fully saturated rings. The van der Waals surface area contributed by atoms with E-state index in [1.807, 2.05) is 12.1 Å². The summed E-state index contributed by atoms with van der Waals surface area (Å²) in [6.07, 6.45) is 4.40. The van der Waals surface area contributed by atoms with Crippen molar-refractivity contribution in [3.8, 4) is 0 Å². The Hall–Kier alpha value is -2.32. The van der Waals surface area contributed by atoms with Crippen molar-refractivity contribution < 1.29 is 0 Å². The van der Waals surface area contributed by atoms with Crippen molar-refractivity contribution in [2.75, 3.05) is 11.4 Å². The average molecular weight is 378 g/mol. The van der Waals surface area contributed by atoms with Gasteiger partial charge in [0, 0.05) is 17.6 Å². The Morgan fingerprint density at radius 2 is 1.38 bits per heavy atom. The van der Waals surface area contributed by atoms with Crippen LogP contribution in [-0.2, 0) is 6.54 Å². The lowest BCUT2D eigenvalue weighted by Crippen LogP contribution is -2.23. The standard InChI is InChI=1S/C22H20BrN/c23-21-15-7-8-16-22(21)24(18-20-12-5-2-6-13-20)17-9-14-19-10-3-1-4-11-19/h1-16H,17-18H2/b14-9+. The molecule has 0 saturated heterocycles. The first kappa shape index (κ1) is 16.5. The van der Waals surface area contributed by atoms with Crippen LogP contribution in [-0.4, -0.2) is 6.54 Å². The Bertz CT molecular complexity index is 781. The smallest absolute Gasteiger partial charge is 0.0516 e. The fourth-order valence-corrected chi connectivity index (χ4v) is 3.18. The minimum Gasteiger partial charge on any atom is -0.363 e. The molecule has 0 atom stereocenters. The maximum Gasteiger partial charge on any atom is 0.0516 e. The summed E-state index contributed by atoms with van der Waals surface area (Å²) in [5.41, 5.74) is 3.74. The number of hydrogen-bond donors (Lipinski definition) is 0. The Morgan fingerprint density at radius 3 is 2.08 bits per heavy atom. The van der Waals surface area contributed by atoms with Crippen LogP contribution in [0.5, 0.6) is 0 Å². The highest BCUT2D eigenvalue weighted by Crippen LogP contribution is 2.27. The van der Waals surface area contributed by atoms with E-state index in [-0.39, 0.29) is 0 Å². The molecule has 0 aliphatic carbocycles. The van der Waals surface area contributed by atoms with E-state index >= 15 is 0 Å². The molecule has 0 aliphatic heterocycles. The number of halogens is 1. The van der Waals surface area contributed by atoms with E-state index in [2.05, 4.69) is 106 Å². The predicted octanol–water partition coefficient (Wildman–Crippen LogP) is 6.17. The molecule has 0 saturated carbocycles. The van der Waals surface area contributed by atoms with E-state index in [0.29, 0.717) is 0 Å². The van der Waals surface area contributed by atoms with Gasteiger partial charge in [0.05, 0.1) is 5.69 Å². The van der Waals surface area contributed by atoms with Gasteiger partial charge in [-0.1, -0.05) is 84.9 Å². The topological polar surface area (TPSA) is 3.24 Å². The Labute approximate surface area is 152 Å². The van der Waals surface area contributed by atoms with Gasteiger partial charge >= 0.3 is 0 Å². The number of para-hydroxylation sites is 1. The molecule has 0 aliphatic rings. The number of rotatable bonds is 6. The van der Waals surface area contributed by atoms with Crippen LogP contribution in [0.3, 0.4) is 0 Å². The van der Waals surface area contributed by atoms with Crippen molar-refractivity contribution in [2.45, 2.75) is 6.54 Å². The zero-order valence-electron chi connectivity index (χ0n) is 13.5. The Kier molecular flexibility index (Phi) is 5.86. The monoisotopic (exact) mass is 377 g/mol. The lowest BCUT2D eigenvalue weighted by atomic mass is 10.2. The van der Waals surface area contributed by atoms with Gasteiger partial charge in [0.15, 0.2) is 0 Å². The molecule has 24 heavy (non-hydrogen) atoms. The molecule has 3 aromatic rings. The van der Waals surface area contributed by atoms with Crippen LogP contribution in [0.4, 0.5) is 5.69 Å². The van der Waals surface area contributed by atoms with Crippen LogP contribution < -0.4 is 4.90 Å². The molecule has 2 heteroatoms. The lowest BCUT2D eigenvalue weighted by Gasteiger charge is -2.25. The van der Waals surface area contributed by atoms with Crippen molar-refractivity contribution in [1.82, 2.24) is 0 Å². The minimum absolute atomic E-state index is 0.854. The van der Waals surface area contributed by atoms with E-state index < -0.39 is 0 Å². The lowest BCUT2D eigenvalue weighted by molar-refractivity contribution is 0.866. The molecule has 0 N–H and O–H groups in total. The summed E-state index contributed by atoms with van der Waals surface area (Å²) in [6, 6.07) is 29.4. The quantitative estimate of drug-likeness (QED) is 0.496. The molecule has 0 aromatic heterocycles. The van der Waals surface area contributed by atoms with Crippen molar-refractivity contribution in [1.29, 1.82) is 0 Å². The molecular weight excluding hydrogens is 358 g/mol. The van der Waals surface area contributed by atoms with Gasteiger partial charge in [-0.3, -0.25) is 0 Å². The second-order valence-corrected chi connectivity index (χ2v) is 6.48. The second-order valence-electron chi connectivity index (χ2n) is 5.63.